The van der Waals surface area contributed by atoms with Gasteiger partial charge < -0.3 is 24.8 Å². The number of H-pyrrole nitrogens is 1. The normalized spacial score (nSPS) is 30.9. The Bertz CT molecular complexity index is 576. The summed E-state index contributed by atoms with van der Waals surface area (Å²) in [5.41, 5.74) is 0.483. The quantitative estimate of drug-likeness (QED) is 0.511. The third-order valence-electron chi connectivity index (χ3n) is 2.94. The molecule has 3 rings (SSSR count). The molecule has 1 unspecified atom stereocenters. The zero-order chi connectivity index (χ0) is 13.4. The molecule has 1 saturated heterocycles. The van der Waals surface area contributed by atoms with Crippen LogP contribution in [0.25, 0.3) is 11.0 Å². The minimum atomic E-state index is -1.27. The number of hydrogen-bond acceptors (Lipinski definition) is 8. The molecule has 19 heavy (non-hydrogen) atoms. The van der Waals surface area contributed by atoms with Crippen molar-refractivity contribution in [3.8, 4) is 5.88 Å². The van der Waals surface area contributed by atoms with Gasteiger partial charge in [0.05, 0.1) is 12.8 Å². The molecule has 4 N–H and O–H groups in total. The molecule has 0 aromatic carbocycles. The highest BCUT2D eigenvalue weighted by atomic mass is 16.7. The number of aliphatic hydroxyl groups excluding tert-OH is 3. The summed E-state index contributed by atoms with van der Waals surface area (Å²) in [7, 11) is 0. The van der Waals surface area contributed by atoms with Crippen LogP contribution in [0.5, 0.6) is 5.88 Å². The predicted molar refractivity (Wildman–Crippen MR) is 60.1 cm³/mol. The lowest BCUT2D eigenvalue weighted by Crippen LogP contribution is -2.35. The molecule has 9 nitrogen and oxygen atoms in total. The van der Waals surface area contributed by atoms with Crippen LogP contribution in [0.1, 0.15) is 0 Å². The van der Waals surface area contributed by atoms with E-state index < -0.39 is 31.2 Å². The van der Waals surface area contributed by atoms with Crippen LogP contribution in [0.15, 0.2) is 12.5 Å². The summed E-state index contributed by atoms with van der Waals surface area (Å²) in [4.78, 5) is 7.86. The Morgan fingerprint density at radius 1 is 1.32 bits per heavy atom. The molecule has 1 aliphatic rings. The first-order chi connectivity index (χ1) is 9.20. The van der Waals surface area contributed by atoms with Gasteiger partial charge in [-0.05, 0) is 0 Å². The van der Waals surface area contributed by atoms with Gasteiger partial charge in [0.2, 0.25) is 12.2 Å². The summed E-state index contributed by atoms with van der Waals surface area (Å²) in [5.74, 6) is 0.175. The average Bonchev–Trinajstić information content (AvgIpc) is 2.99. The first-order valence-corrected chi connectivity index (χ1v) is 5.64. The van der Waals surface area contributed by atoms with Crippen LogP contribution in [0.2, 0.25) is 0 Å². The maximum atomic E-state index is 9.77. The molecule has 0 bridgehead atoms. The van der Waals surface area contributed by atoms with Gasteiger partial charge in [-0.3, -0.25) is 5.10 Å². The minimum Gasteiger partial charge on any atom is -0.444 e. The highest BCUT2D eigenvalue weighted by Crippen LogP contribution is 2.26. The molecule has 0 amide bonds. The number of nitrogens with one attached hydrogen (secondary N) is 1. The van der Waals surface area contributed by atoms with Crippen molar-refractivity contribution < 1.29 is 24.8 Å². The molecular formula is C10H12N4O5. The van der Waals surface area contributed by atoms with E-state index in [-0.39, 0.29) is 5.88 Å². The average molecular weight is 268 g/mol. The lowest BCUT2D eigenvalue weighted by molar-refractivity contribution is -0.117. The lowest BCUT2D eigenvalue weighted by atomic mass is 10.1. The zero-order valence-electron chi connectivity index (χ0n) is 9.67. The highest BCUT2D eigenvalue weighted by Gasteiger charge is 2.44. The zero-order valence-corrected chi connectivity index (χ0v) is 9.67. The molecule has 2 aromatic heterocycles. The monoisotopic (exact) mass is 268 g/mol. The molecule has 0 aliphatic carbocycles. The first kappa shape index (κ1) is 12.2. The fourth-order valence-corrected chi connectivity index (χ4v) is 1.91. The van der Waals surface area contributed by atoms with E-state index in [0.717, 1.165) is 0 Å². The molecule has 1 aliphatic heterocycles. The third-order valence-corrected chi connectivity index (χ3v) is 2.94. The largest absolute Gasteiger partial charge is 0.444 e. The van der Waals surface area contributed by atoms with Gasteiger partial charge in [0.15, 0.2) is 5.65 Å². The Morgan fingerprint density at radius 2 is 2.16 bits per heavy atom. The van der Waals surface area contributed by atoms with E-state index in [9.17, 15) is 10.2 Å². The van der Waals surface area contributed by atoms with Crippen LogP contribution < -0.4 is 4.74 Å². The van der Waals surface area contributed by atoms with Crippen molar-refractivity contribution in [3.63, 3.8) is 0 Å². The van der Waals surface area contributed by atoms with Crippen LogP contribution in [0.4, 0.5) is 0 Å². The van der Waals surface area contributed by atoms with Crippen molar-refractivity contribution in [3.05, 3.63) is 12.5 Å². The molecule has 0 saturated carbocycles. The smallest absolute Gasteiger partial charge is 0.231 e. The van der Waals surface area contributed by atoms with Crippen molar-refractivity contribution in [2.45, 2.75) is 24.6 Å². The van der Waals surface area contributed by atoms with Crippen molar-refractivity contribution in [1.82, 2.24) is 20.2 Å². The van der Waals surface area contributed by atoms with Crippen LogP contribution in [0, 0.1) is 0 Å². The number of fused-ring (bicyclic) bond motifs is 1. The van der Waals surface area contributed by atoms with Crippen molar-refractivity contribution in [2.24, 2.45) is 0 Å². The molecule has 0 radical (unpaired) electrons. The number of aliphatic hydroxyl groups is 3. The fraction of sp³-hybridized carbons (Fsp3) is 0.500. The SMILES string of the molecule is OC[C@H]1OC(Oc2ncnc3[nH]ncc23)[C@H](O)[C@@H]1O. The van der Waals surface area contributed by atoms with Gasteiger partial charge in [0.1, 0.15) is 30.0 Å². The Morgan fingerprint density at radius 3 is 2.89 bits per heavy atom. The van der Waals surface area contributed by atoms with Crippen LogP contribution in [-0.4, -0.2) is 66.7 Å². The van der Waals surface area contributed by atoms with E-state index >= 15 is 0 Å². The molecule has 9 heteroatoms. The van der Waals surface area contributed by atoms with Gasteiger partial charge in [0, 0.05) is 0 Å². The summed E-state index contributed by atoms with van der Waals surface area (Å²) >= 11 is 0. The van der Waals surface area contributed by atoms with E-state index in [1.165, 1.54) is 12.5 Å². The highest BCUT2D eigenvalue weighted by molar-refractivity contribution is 5.78. The number of aromatic amines is 1. The second-order valence-electron chi connectivity index (χ2n) is 4.14. The number of aromatic nitrogens is 4. The van der Waals surface area contributed by atoms with Gasteiger partial charge in [0.25, 0.3) is 0 Å². The molecule has 1 fully saturated rings. The van der Waals surface area contributed by atoms with Crippen LogP contribution >= 0.6 is 0 Å². The van der Waals surface area contributed by atoms with Gasteiger partial charge in [-0.15, -0.1) is 0 Å². The third kappa shape index (κ3) is 2.02. The number of rotatable bonds is 3. The maximum Gasteiger partial charge on any atom is 0.231 e. The minimum absolute atomic E-state index is 0.175. The molecule has 4 atom stereocenters. The van der Waals surface area contributed by atoms with Gasteiger partial charge in [-0.1, -0.05) is 0 Å². The molecule has 2 aromatic rings. The first-order valence-electron chi connectivity index (χ1n) is 5.64. The fourth-order valence-electron chi connectivity index (χ4n) is 1.91. The van der Waals surface area contributed by atoms with Crippen molar-refractivity contribution in [2.75, 3.05) is 6.61 Å². The predicted octanol–water partition coefficient (Wildman–Crippen LogP) is -1.83. The number of ether oxygens (including phenoxy) is 2. The van der Waals surface area contributed by atoms with Crippen molar-refractivity contribution in [1.29, 1.82) is 0 Å². The van der Waals surface area contributed by atoms with Gasteiger partial charge >= 0.3 is 0 Å². The standard InChI is InChI=1S/C10H12N4O5/c15-2-5-6(16)7(17)10(18-5)19-9-4-1-13-14-8(4)11-3-12-9/h1,3,5-7,10,15-17H,2H2,(H,11,12,13,14)/t5-,6-,7-,10?/m1/s1. The van der Waals surface area contributed by atoms with Gasteiger partial charge in [-0.25, -0.2) is 9.97 Å². The van der Waals surface area contributed by atoms with E-state index in [4.69, 9.17) is 14.6 Å². The van der Waals surface area contributed by atoms with Gasteiger partial charge in [-0.2, -0.15) is 5.10 Å². The molecular weight excluding hydrogens is 256 g/mol. The lowest BCUT2D eigenvalue weighted by Gasteiger charge is -2.15. The van der Waals surface area contributed by atoms with E-state index in [0.29, 0.717) is 11.0 Å². The molecule has 3 heterocycles. The maximum absolute atomic E-state index is 9.77. The summed E-state index contributed by atoms with van der Waals surface area (Å²) in [5, 5.41) is 35.3. The van der Waals surface area contributed by atoms with E-state index in [1.807, 2.05) is 0 Å². The second-order valence-corrected chi connectivity index (χ2v) is 4.14. The van der Waals surface area contributed by atoms with Crippen LogP contribution in [-0.2, 0) is 4.74 Å². The topological polar surface area (TPSA) is 134 Å². The Labute approximate surface area is 106 Å². The Hall–Kier alpha value is -1.81. The molecule has 0 spiro atoms. The number of hydrogen-bond donors (Lipinski definition) is 4. The van der Waals surface area contributed by atoms with E-state index in [1.54, 1.807) is 0 Å². The van der Waals surface area contributed by atoms with Crippen LogP contribution in [0.3, 0.4) is 0 Å². The molecule has 102 valence electrons. The summed E-state index contributed by atoms with van der Waals surface area (Å²) in [6.07, 6.45) is -1.73. The Balaban J connectivity index is 1.84. The summed E-state index contributed by atoms with van der Waals surface area (Å²) < 4.78 is 10.6. The van der Waals surface area contributed by atoms with E-state index in [2.05, 4.69) is 20.2 Å². The number of nitrogens with zero attached hydrogens (tertiary/aromatic N) is 3. The summed E-state index contributed by atoms with van der Waals surface area (Å²) in [6.45, 7) is -0.414. The summed E-state index contributed by atoms with van der Waals surface area (Å²) in [6, 6.07) is 0. The Kier molecular flexibility index (Phi) is 3.03. The second kappa shape index (κ2) is 4.70. The van der Waals surface area contributed by atoms with Crippen molar-refractivity contribution >= 4 is 11.0 Å².